The Kier molecular flexibility index (Phi) is 8.26. The normalized spacial score (nSPS) is 10.8. The highest BCUT2D eigenvalue weighted by Crippen LogP contribution is 2.29. The summed E-state index contributed by atoms with van der Waals surface area (Å²) < 4.78 is 37.7. The highest BCUT2D eigenvalue weighted by molar-refractivity contribution is 7.91. The van der Waals surface area contributed by atoms with Crippen molar-refractivity contribution in [2.45, 2.75) is 13.5 Å². The number of carbonyl (C=O) groups is 3. The number of rotatable bonds is 8. The van der Waals surface area contributed by atoms with Crippen molar-refractivity contribution < 1.29 is 32.3 Å². The zero-order valence-electron chi connectivity index (χ0n) is 16.4. The molecule has 1 amide bonds. The van der Waals surface area contributed by atoms with Crippen molar-refractivity contribution in [1.82, 2.24) is 4.72 Å². The average Bonchev–Trinajstić information content (AvgIpc) is 2.72. The average molecular weight is 489 g/mol. The van der Waals surface area contributed by atoms with Crippen LogP contribution in [0.4, 0.5) is 5.69 Å². The fraction of sp³-hybridized carbons (Fsp3) is 0.211. The van der Waals surface area contributed by atoms with Gasteiger partial charge in [0.05, 0.1) is 35.0 Å². The molecule has 12 heteroatoms. The number of nitrogens with one attached hydrogen (secondary N) is 1. The summed E-state index contributed by atoms with van der Waals surface area (Å²) in [6, 6.07) is 10.2. The minimum atomic E-state index is -4.46. The minimum absolute atomic E-state index is 0.122. The molecule has 0 heterocycles. The second-order valence-electron chi connectivity index (χ2n) is 6.07. The van der Waals surface area contributed by atoms with Crippen molar-refractivity contribution in [3.8, 4) is 0 Å². The molecule has 1 N–H and O–H groups in total. The van der Waals surface area contributed by atoms with Gasteiger partial charge in [0.2, 0.25) is 0 Å². The van der Waals surface area contributed by atoms with Gasteiger partial charge < -0.3 is 9.47 Å². The summed E-state index contributed by atoms with van der Waals surface area (Å²) in [5.74, 6) is -2.40. The minimum Gasteiger partial charge on any atom is -0.465 e. The topological polar surface area (TPSA) is 119 Å². The molecule has 0 spiro atoms. The molecule has 31 heavy (non-hydrogen) atoms. The summed E-state index contributed by atoms with van der Waals surface area (Å²) in [5.41, 5.74) is 0.684. The van der Waals surface area contributed by atoms with Gasteiger partial charge in [-0.25, -0.2) is 13.8 Å². The lowest BCUT2D eigenvalue weighted by Gasteiger charge is -2.25. The van der Waals surface area contributed by atoms with E-state index < -0.39 is 34.7 Å². The molecular weight excluding hydrogens is 471 g/mol. The monoisotopic (exact) mass is 488 g/mol. The molecule has 0 aromatic heterocycles. The quantitative estimate of drug-likeness (QED) is 0.567. The first-order valence-corrected chi connectivity index (χ1v) is 10.8. The molecule has 2 aromatic rings. The lowest BCUT2D eigenvalue weighted by Crippen LogP contribution is -2.44. The SMILES string of the molecule is COC(=O)c1ccc(N(Cc2cccc(Cl)c2Cl)S(=O)(=O)NC(=O)COC(C)=O)cc1. The third-order valence-corrected chi connectivity index (χ3v) is 6.13. The smallest absolute Gasteiger partial charge is 0.337 e. The van der Waals surface area contributed by atoms with Crippen molar-refractivity contribution in [1.29, 1.82) is 0 Å². The Hall–Kier alpha value is -2.82. The van der Waals surface area contributed by atoms with Crippen LogP contribution in [0.1, 0.15) is 22.8 Å². The summed E-state index contributed by atoms with van der Waals surface area (Å²) in [4.78, 5) is 34.5. The third kappa shape index (κ3) is 6.58. The number of hydrogen-bond acceptors (Lipinski definition) is 7. The predicted octanol–water partition coefficient (Wildman–Crippen LogP) is 2.71. The number of nitrogens with zero attached hydrogens (tertiary/aromatic N) is 1. The zero-order chi connectivity index (χ0) is 23.2. The molecule has 0 aliphatic rings. The summed E-state index contributed by atoms with van der Waals surface area (Å²) in [6.07, 6.45) is 0. The number of methoxy groups -OCH3 is 1. The van der Waals surface area contributed by atoms with Crippen LogP contribution < -0.4 is 9.03 Å². The predicted molar refractivity (Wildman–Crippen MR) is 114 cm³/mol. The van der Waals surface area contributed by atoms with Crippen molar-refractivity contribution in [2.24, 2.45) is 0 Å². The van der Waals surface area contributed by atoms with Gasteiger partial charge in [0.25, 0.3) is 5.91 Å². The molecule has 0 saturated carbocycles. The number of ether oxygens (including phenoxy) is 2. The van der Waals surface area contributed by atoms with E-state index in [4.69, 9.17) is 23.2 Å². The van der Waals surface area contributed by atoms with Crippen LogP contribution in [0.2, 0.25) is 10.0 Å². The van der Waals surface area contributed by atoms with Gasteiger partial charge in [0, 0.05) is 6.92 Å². The van der Waals surface area contributed by atoms with E-state index in [1.54, 1.807) is 12.1 Å². The zero-order valence-corrected chi connectivity index (χ0v) is 18.8. The number of anilines is 1. The highest BCUT2D eigenvalue weighted by Gasteiger charge is 2.26. The van der Waals surface area contributed by atoms with E-state index in [-0.39, 0.29) is 27.8 Å². The first kappa shape index (κ1) is 24.4. The summed E-state index contributed by atoms with van der Waals surface area (Å²) in [5, 5.41) is 0.359. The third-order valence-electron chi connectivity index (χ3n) is 3.86. The number of amides is 1. The van der Waals surface area contributed by atoms with Gasteiger partial charge in [0.1, 0.15) is 0 Å². The molecule has 0 saturated heterocycles. The Labute approximate surface area is 189 Å². The van der Waals surface area contributed by atoms with E-state index in [0.717, 1.165) is 11.2 Å². The van der Waals surface area contributed by atoms with Gasteiger partial charge in [-0.3, -0.25) is 9.59 Å². The van der Waals surface area contributed by atoms with Crippen LogP contribution in [0.25, 0.3) is 0 Å². The molecule has 0 unspecified atom stereocenters. The fourth-order valence-electron chi connectivity index (χ4n) is 2.42. The Morgan fingerprint density at radius 1 is 1.06 bits per heavy atom. The van der Waals surface area contributed by atoms with Crippen molar-refractivity contribution >= 4 is 56.9 Å². The Morgan fingerprint density at radius 2 is 1.71 bits per heavy atom. The maximum atomic E-state index is 12.9. The largest absolute Gasteiger partial charge is 0.465 e. The van der Waals surface area contributed by atoms with Gasteiger partial charge in [-0.15, -0.1) is 0 Å². The molecule has 2 rings (SSSR count). The van der Waals surface area contributed by atoms with E-state index in [1.807, 2.05) is 4.72 Å². The molecule has 166 valence electrons. The van der Waals surface area contributed by atoms with Crippen LogP contribution in [0, 0.1) is 0 Å². The Bertz CT molecular complexity index is 1090. The number of benzene rings is 2. The molecule has 0 atom stereocenters. The lowest BCUT2D eigenvalue weighted by atomic mass is 10.2. The van der Waals surface area contributed by atoms with Crippen LogP contribution in [0.15, 0.2) is 42.5 Å². The van der Waals surface area contributed by atoms with E-state index in [2.05, 4.69) is 9.47 Å². The van der Waals surface area contributed by atoms with Gasteiger partial charge >= 0.3 is 22.1 Å². The molecule has 0 fully saturated rings. The van der Waals surface area contributed by atoms with Crippen molar-refractivity contribution in [2.75, 3.05) is 18.0 Å². The number of carbonyl (C=O) groups excluding carboxylic acids is 3. The number of halogens is 2. The molecule has 9 nitrogen and oxygen atoms in total. The maximum absolute atomic E-state index is 12.9. The number of esters is 2. The van der Waals surface area contributed by atoms with Gasteiger partial charge in [-0.2, -0.15) is 8.42 Å². The highest BCUT2D eigenvalue weighted by atomic mass is 35.5. The summed E-state index contributed by atoms with van der Waals surface area (Å²) >= 11 is 12.2. The summed E-state index contributed by atoms with van der Waals surface area (Å²) in [6.45, 7) is 0.0207. The van der Waals surface area contributed by atoms with Gasteiger partial charge in [-0.1, -0.05) is 35.3 Å². The molecule has 0 radical (unpaired) electrons. The van der Waals surface area contributed by atoms with Crippen LogP contribution >= 0.6 is 23.2 Å². The maximum Gasteiger partial charge on any atom is 0.337 e. The first-order chi connectivity index (χ1) is 14.5. The Balaban J connectivity index is 2.41. The molecular formula is C19H18Cl2N2O7S. The summed E-state index contributed by atoms with van der Waals surface area (Å²) in [7, 11) is -3.25. The molecule has 0 bridgehead atoms. The molecule has 0 aliphatic carbocycles. The van der Waals surface area contributed by atoms with E-state index in [1.165, 1.54) is 37.4 Å². The second kappa shape index (κ2) is 10.5. The van der Waals surface area contributed by atoms with E-state index in [9.17, 15) is 22.8 Å². The Morgan fingerprint density at radius 3 is 2.29 bits per heavy atom. The van der Waals surface area contributed by atoms with Crippen LogP contribution in [0.5, 0.6) is 0 Å². The lowest BCUT2D eigenvalue weighted by molar-refractivity contribution is -0.145. The molecule has 0 aliphatic heterocycles. The van der Waals surface area contributed by atoms with Crippen LogP contribution in [-0.4, -0.2) is 40.0 Å². The van der Waals surface area contributed by atoms with Crippen molar-refractivity contribution in [3.63, 3.8) is 0 Å². The number of hydrogen-bond donors (Lipinski definition) is 1. The van der Waals surface area contributed by atoms with Gasteiger partial charge in [-0.05, 0) is 35.9 Å². The fourth-order valence-corrected chi connectivity index (χ4v) is 3.96. The standard InChI is InChI=1S/C19H18Cl2N2O7S/c1-12(24)30-11-17(25)22-31(27,28)23(10-14-4-3-5-16(20)18(14)21)15-8-6-13(7-9-15)19(26)29-2/h3-9H,10-11H2,1-2H3,(H,22,25). The van der Waals surface area contributed by atoms with Gasteiger partial charge in [0.15, 0.2) is 6.61 Å². The van der Waals surface area contributed by atoms with E-state index >= 15 is 0 Å². The van der Waals surface area contributed by atoms with Crippen molar-refractivity contribution in [3.05, 3.63) is 63.6 Å². The first-order valence-electron chi connectivity index (χ1n) is 8.63. The van der Waals surface area contributed by atoms with Crippen LogP contribution in [0.3, 0.4) is 0 Å². The van der Waals surface area contributed by atoms with Crippen LogP contribution in [-0.2, 0) is 35.8 Å². The second-order valence-corrected chi connectivity index (χ2v) is 8.45. The molecule has 2 aromatic carbocycles. The van der Waals surface area contributed by atoms with E-state index in [0.29, 0.717) is 5.56 Å².